The van der Waals surface area contributed by atoms with E-state index in [-0.39, 0.29) is 6.79 Å². The van der Waals surface area contributed by atoms with Crippen LogP contribution in [0, 0.1) is 0 Å². The maximum absolute atomic E-state index is 5.48. The van der Waals surface area contributed by atoms with Crippen LogP contribution in [0.2, 0.25) is 0 Å². The molecule has 4 nitrogen and oxygen atoms in total. The van der Waals surface area contributed by atoms with Crippen molar-refractivity contribution in [2.45, 2.75) is 13.5 Å². The van der Waals surface area contributed by atoms with E-state index < -0.39 is 0 Å². The molecule has 0 aliphatic heterocycles. The van der Waals surface area contributed by atoms with Gasteiger partial charge in [0.2, 0.25) is 0 Å². The summed E-state index contributed by atoms with van der Waals surface area (Å²) in [5, 5.41) is 3.26. The molecule has 0 radical (unpaired) electrons. The van der Waals surface area contributed by atoms with E-state index in [9.17, 15) is 0 Å². The lowest BCUT2D eigenvalue weighted by atomic mass is 10.2. The summed E-state index contributed by atoms with van der Waals surface area (Å²) in [7, 11) is 3.24. The molecular formula is C12H19NO3. The highest BCUT2D eigenvalue weighted by Crippen LogP contribution is 2.24. The van der Waals surface area contributed by atoms with Crippen LogP contribution in [0.3, 0.4) is 0 Å². The van der Waals surface area contributed by atoms with Gasteiger partial charge in [0.05, 0.1) is 7.11 Å². The molecule has 4 heteroatoms. The molecule has 0 heterocycles. The summed E-state index contributed by atoms with van der Waals surface area (Å²) in [6.45, 7) is 4.01. The molecule has 0 saturated carbocycles. The van der Waals surface area contributed by atoms with Crippen molar-refractivity contribution in [3.8, 4) is 11.5 Å². The standard InChI is InChI=1S/C12H19NO3/c1-4-13-8-10-5-6-11(15-3)7-12(10)16-9-14-2/h5-7,13H,4,8-9H2,1-3H3. The molecule has 0 aliphatic rings. The van der Waals surface area contributed by atoms with Crippen molar-refractivity contribution in [2.75, 3.05) is 27.6 Å². The first-order valence-electron chi connectivity index (χ1n) is 5.31. The zero-order chi connectivity index (χ0) is 11.8. The van der Waals surface area contributed by atoms with Crippen LogP contribution in [0.1, 0.15) is 12.5 Å². The zero-order valence-corrected chi connectivity index (χ0v) is 10.1. The lowest BCUT2D eigenvalue weighted by Gasteiger charge is -2.12. The van der Waals surface area contributed by atoms with Crippen LogP contribution in [0.5, 0.6) is 11.5 Å². The number of ether oxygens (including phenoxy) is 3. The monoisotopic (exact) mass is 225 g/mol. The van der Waals surface area contributed by atoms with Crippen LogP contribution in [-0.4, -0.2) is 27.6 Å². The number of hydrogen-bond donors (Lipinski definition) is 1. The van der Waals surface area contributed by atoms with Gasteiger partial charge >= 0.3 is 0 Å². The first-order valence-corrected chi connectivity index (χ1v) is 5.31. The Labute approximate surface area is 96.5 Å². The Morgan fingerprint density at radius 1 is 1.25 bits per heavy atom. The van der Waals surface area contributed by atoms with Gasteiger partial charge in [-0.25, -0.2) is 0 Å². The van der Waals surface area contributed by atoms with Gasteiger partial charge in [0, 0.05) is 25.3 Å². The average molecular weight is 225 g/mol. The van der Waals surface area contributed by atoms with E-state index in [0.717, 1.165) is 30.2 Å². The molecule has 16 heavy (non-hydrogen) atoms. The highest BCUT2D eigenvalue weighted by Gasteiger charge is 2.05. The lowest BCUT2D eigenvalue weighted by Crippen LogP contribution is -2.13. The predicted molar refractivity (Wildman–Crippen MR) is 62.9 cm³/mol. The molecular weight excluding hydrogens is 206 g/mol. The Morgan fingerprint density at radius 3 is 2.69 bits per heavy atom. The Morgan fingerprint density at radius 2 is 2.06 bits per heavy atom. The highest BCUT2D eigenvalue weighted by molar-refractivity contribution is 5.40. The minimum absolute atomic E-state index is 0.242. The third-order valence-electron chi connectivity index (χ3n) is 2.17. The van der Waals surface area contributed by atoms with Crippen molar-refractivity contribution in [2.24, 2.45) is 0 Å². The fourth-order valence-electron chi connectivity index (χ4n) is 1.32. The number of rotatable bonds is 7. The van der Waals surface area contributed by atoms with E-state index in [1.807, 2.05) is 18.2 Å². The van der Waals surface area contributed by atoms with Gasteiger partial charge in [-0.3, -0.25) is 0 Å². The summed E-state index contributed by atoms with van der Waals surface area (Å²) in [5.41, 5.74) is 1.10. The minimum Gasteiger partial charge on any atom is -0.497 e. The van der Waals surface area contributed by atoms with Gasteiger partial charge in [0.15, 0.2) is 6.79 Å². The molecule has 1 N–H and O–H groups in total. The van der Waals surface area contributed by atoms with E-state index in [4.69, 9.17) is 14.2 Å². The Kier molecular flexibility index (Phi) is 5.67. The van der Waals surface area contributed by atoms with Crippen LogP contribution in [0.25, 0.3) is 0 Å². The Hall–Kier alpha value is -1.26. The zero-order valence-electron chi connectivity index (χ0n) is 10.1. The van der Waals surface area contributed by atoms with Gasteiger partial charge in [-0.1, -0.05) is 13.0 Å². The molecule has 0 fully saturated rings. The van der Waals surface area contributed by atoms with Gasteiger partial charge in [-0.15, -0.1) is 0 Å². The van der Waals surface area contributed by atoms with Crippen molar-refractivity contribution in [3.63, 3.8) is 0 Å². The predicted octanol–water partition coefficient (Wildman–Crippen LogP) is 1.79. The molecule has 90 valence electrons. The topological polar surface area (TPSA) is 39.7 Å². The van der Waals surface area contributed by atoms with Crippen molar-refractivity contribution >= 4 is 0 Å². The van der Waals surface area contributed by atoms with Gasteiger partial charge < -0.3 is 19.5 Å². The maximum Gasteiger partial charge on any atom is 0.188 e. The van der Waals surface area contributed by atoms with Crippen LogP contribution in [-0.2, 0) is 11.3 Å². The second-order valence-electron chi connectivity index (χ2n) is 3.30. The second kappa shape index (κ2) is 7.09. The molecule has 0 atom stereocenters. The van der Waals surface area contributed by atoms with E-state index in [2.05, 4.69) is 12.2 Å². The summed E-state index contributed by atoms with van der Waals surface area (Å²) in [4.78, 5) is 0. The summed E-state index contributed by atoms with van der Waals surface area (Å²) < 4.78 is 15.5. The fourth-order valence-corrected chi connectivity index (χ4v) is 1.32. The van der Waals surface area contributed by atoms with Crippen molar-refractivity contribution in [1.82, 2.24) is 5.32 Å². The quantitative estimate of drug-likeness (QED) is 0.718. The summed E-state index contributed by atoms with van der Waals surface area (Å²) in [5.74, 6) is 1.58. The Balaban J connectivity index is 2.78. The molecule has 1 rings (SSSR count). The molecule has 0 saturated heterocycles. The molecule has 0 bridgehead atoms. The lowest BCUT2D eigenvalue weighted by molar-refractivity contribution is 0.0502. The van der Waals surface area contributed by atoms with Crippen LogP contribution in [0.4, 0.5) is 0 Å². The van der Waals surface area contributed by atoms with Crippen LogP contribution < -0.4 is 14.8 Å². The largest absolute Gasteiger partial charge is 0.497 e. The molecule has 0 amide bonds. The number of methoxy groups -OCH3 is 2. The summed E-state index contributed by atoms with van der Waals surface area (Å²) >= 11 is 0. The third-order valence-corrected chi connectivity index (χ3v) is 2.17. The molecule has 0 aromatic heterocycles. The van der Waals surface area contributed by atoms with Gasteiger partial charge in [0.1, 0.15) is 11.5 Å². The Bertz CT molecular complexity index is 315. The molecule has 0 aliphatic carbocycles. The van der Waals surface area contributed by atoms with Crippen molar-refractivity contribution in [3.05, 3.63) is 23.8 Å². The SMILES string of the molecule is CCNCc1ccc(OC)cc1OCOC. The molecule has 0 unspecified atom stereocenters. The molecule has 0 spiro atoms. The van der Waals surface area contributed by atoms with Gasteiger partial charge in [0.25, 0.3) is 0 Å². The average Bonchev–Trinajstić information content (AvgIpc) is 2.34. The highest BCUT2D eigenvalue weighted by atomic mass is 16.7. The van der Waals surface area contributed by atoms with Crippen molar-refractivity contribution in [1.29, 1.82) is 0 Å². The van der Waals surface area contributed by atoms with E-state index >= 15 is 0 Å². The normalized spacial score (nSPS) is 10.2. The van der Waals surface area contributed by atoms with E-state index in [1.165, 1.54) is 0 Å². The van der Waals surface area contributed by atoms with Crippen LogP contribution >= 0.6 is 0 Å². The number of hydrogen-bond acceptors (Lipinski definition) is 4. The molecule has 1 aromatic rings. The molecule has 1 aromatic carbocycles. The smallest absolute Gasteiger partial charge is 0.188 e. The second-order valence-corrected chi connectivity index (χ2v) is 3.30. The minimum atomic E-state index is 0.242. The maximum atomic E-state index is 5.48. The summed E-state index contributed by atoms with van der Waals surface area (Å²) in [6, 6.07) is 5.78. The fraction of sp³-hybridized carbons (Fsp3) is 0.500. The van der Waals surface area contributed by atoms with Gasteiger partial charge in [-0.05, 0) is 12.6 Å². The number of nitrogens with one attached hydrogen (secondary N) is 1. The summed E-state index contributed by atoms with van der Waals surface area (Å²) in [6.07, 6.45) is 0. The van der Waals surface area contributed by atoms with Crippen LogP contribution in [0.15, 0.2) is 18.2 Å². The van der Waals surface area contributed by atoms with Gasteiger partial charge in [-0.2, -0.15) is 0 Å². The number of benzene rings is 1. The first kappa shape index (κ1) is 12.8. The van der Waals surface area contributed by atoms with Crippen molar-refractivity contribution < 1.29 is 14.2 Å². The van der Waals surface area contributed by atoms with E-state index in [0.29, 0.717) is 0 Å². The first-order chi connectivity index (χ1) is 7.81. The third kappa shape index (κ3) is 3.72. The van der Waals surface area contributed by atoms with E-state index in [1.54, 1.807) is 14.2 Å².